The molecule has 1 heterocycles. The van der Waals surface area contributed by atoms with Crippen molar-refractivity contribution in [2.75, 3.05) is 6.54 Å². The number of hydrogen-bond acceptors (Lipinski definition) is 1. The largest absolute Gasteiger partial charge is 0.313 e. The molecule has 0 aromatic heterocycles. The van der Waals surface area contributed by atoms with Gasteiger partial charge in [0.15, 0.2) is 0 Å². The predicted octanol–water partition coefficient (Wildman–Crippen LogP) is 3.30. The lowest BCUT2D eigenvalue weighted by Crippen LogP contribution is -2.48. The summed E-state index contributed by atoms with van der Waals surface area (Å²) in [7, 11) is 0. The molecule has 0 amide bonds. The van der Waals surface area contributed by atoms with Crippen LogP contribution in [0, 0.1) is 23.7 Å². The number of rotatable bonds is 3. The summed E-state index contributed by atoms with van der Waals surface area (Å²) < 4.78 is 0. The van der Waals surface area contributed by atoms with E-state index in [9.17, 15) is 0 Å². The molecule has 0 aromatic carbocycles. The molecule has 0 spiro atoms. The number of hydrogen-bond donors (Lipinski definition) is 1. The highest BCUT2D eigenvalue weighted by molar-refractivity contribution is 4.86. The van der Waals surface area contributed by atoms with Crippen LogP contribution in [0.4, 0.5) is 0 Å². The SMILES string of the molecule is CCC(C)C(C)C1NCC(C)CC1C. The fourth-order valence-electron chi connectivity index (χ4n) is 2.83. The molecule has 84 valence electrons. The maximum absolute atomic E-state index is 3.73. The monoisotopic (exact) mass is 197 g/mol. The van der Waals surface area contributed by atoms with E-state index in [1.165, 1.54) is 19.4 Å². The number of nitrogens with one attached hydrogen (secondary N) is 1. The van der Waals surface area contributed by atoms with Gasteiger partial charge in [-0.15, -0.1) is 0 Å². The van der Waals surface area contributed by atoms with Gasteiger partial charge in [-0.25, -0.2) is 0 Å². The molecule has 0 aromatic rings. The lowest BCUT2D eigenvalue weighted by Gasteiger charge is -2.39. The molecule has 0 saturated carbocycles. The Balaban J connectivity index is 2.51. The molecule has 1 heteroatoms. The van der Waals surface area contributed by atoms with Gasteiger partial charge in [0.2, 0.25) is 0 Å². The molecule has 5 unspecified atom stereocenters. The minimum atomic E-state index is 0.751. The Hall–Kier alpha value is -0.0400. The molecule has 1 rings (SSSR count). The summed E-state index contributed by atoms with van der Waals surface area (Å²) in [6.45, 7) is 13.1. The predicted molar refractivity (Wildman–Crippen MR) is 63.4 cm³/mol. The summed E-state index contributed by atoms with van der Waals surface area (Å²) in [5.41, 5.74) is 0. The van der Waals surface area contributed by atoms with E-state index in [2.05, 4.69) is 39.9 Å². The fourth-order valence-corrected chi connectivity index (χ4v) is 2.83. The van der Waals surface area contributed by atoms with Gasteiger partial charge in [0.05, 0.1) is 0 Å². The van der Waals surface area contributed by atoms with E-state index in [1.807, 2.05) is 0 Å². The van der Waals surface area contributed by atoms with E-state index in [0.717, 1.165) is 29.7 Å². The topological polar surface area (TPSA) is 12.0 Å². The normalized spacial score (nSPS) is 37.9. The molecular formula is C13H27N. The van der Waals surface area contributed by atoms with Crippen LogP contribution in [0.3, 0.4) is 0 Å². The smallest absolute Gasteiger partial charge is 0.0121 e. The molecule has 1 aliphatic heterocycles. The zero-order chi connectivity index (χ0) is 10.7. The minimum Gasteiger partial charge on any atom is -0.313 e. The molecule has 1 N–H and O–H groups in total. The number of piperidine rings is 1. The van der Waals surface area contributed by atoms with Crippen molar-refractivity contribution in [1.82, 2.24) is 5.32 Å². The van der Waals surface area contributed by atoms with Gasteiger partial charge in [-0.05, 0) is 36.6 Å². The maximum atomic E-state index is 3.73. The molecule has 0 bridgehead atoms. The minimum absolute atomic E-state index is 0.751. The third-order valence-electron chi connectivity index (χ3n) is 4.20. The first-order chi connectivity index (χ1) is 6.56. The molecule has 1 saturated heterocycles. The van der Waals surface area contributed by atoms with Gasteiger partial charge >= 0.3 is 0 Å². The van der Waals surface area contributed by atoms with Crippen molar-refractivity contribution in [3.8, 4) is 0 Å². The van der Waals surface area contributed by atoms with E-state index in [4.69, 9.17) is 0 Å². The first-order valence-electron chi connectivity index (χ1n) is 6.29. The third kappa shape index (κ3) is 2.73. The van der Waals surface area contributed by atoms with Gasteiger partial charge in [-0.3, -0.25) is 0 Å². The third-order valence-corrected chi connectivity index (χ3v) is 4.20. The van der Waals surface area contributed by atoms with Crippen molar-refractivity contribution >= 4 is 0 Å². The van der Waals surface area contributed by atoms with Gasteiger partial charge in [0.25, 0.3) is 0 Å². The van der Waals surface area contributed by atoms with E-state index in [0.29, 0.717) is 0 Å². The standard InChI is InChI=1S/C13H27N/c1-6-10(3)12(5)13-11(4)7-9(2)8-14-13/h9-14H,6-8H2,1-5H3. The molecule has 1 nitrogen and oxygen atoms in total. The van der Waals surface area contributed by atoms with Crippen molar-refractivity contribution in [3.63, 3.8) is 0 Å². The Bertz CT molecular complexity index is 167. The van der Waals surface area contributed by atoms with Gasteiger partial charge in [-0.2, -0.15) is 0 Å². The van der Waals surface area contributed by atoms with Crippen LogP contribution in [-0.2, 0) is 0 Å². The van der Waals surface area contributed by atoms with Crippen LogP contribution in [-0.4, -0.2) is 12.6 Å². The van der Waals surface area contributed by atoms with Crippen molar-refractivity contribution < 1.29 is 0 Å². The zero-order valence-corrected chi connectivity index (χ0v) is 10.5. The molecular weight excluding hydrogens is 170 g/mol. The second-order valence-corrected chi connectivity index (χ2v) is 5.50. The lowest BCUT2D eigenvalue weighted by atomic mass is 9.76. The second-order valence-electron chi connectivity index (χ2n) is 5.50. The van der Waals surface area contributed by atoms with Crippen molar-refractivity contribution in [2.45, 2.75) is 53.5 Å². The van der Waals surface area contributed by atoms with Crippen LogP contribution in [0.5, 0.6) is 0 Å². The van der Waals surface area contributed by atoms with E-state index in [1.54, 1.807) is 0 Å². The molecule has 14 heavy (non-hydrogen) atoms. The fraction of sp³-hybridized carbons (Fsp3) is 1.00. The summed E-state index contributed by atoms with van der Waals surface area (Å²) in [4.78, 5) is 0. The van der Waals surface area contributed by atoms with Crippen molar-refractivity contribution in [3.05, 3.63) is 0 Å². The van der Waals surface area contributed by atoms with Crippen LogP contribution in [0.25, 0.3) is 0 Å². The van der Waals surface area contributed by atoms with Crippen LogP contribution in [0.2, 0.25) is 0 Å². The van der Waals surface area contributed by atoms with Crippen molar-refractivity contribution in [1.29, 1.82) is 0 Å². The van der Waals surface area contributed by atoms with Gasteiger partial charge in [0.1, 0.15) is 0 Å². The maximum Gasteiger partial charge on any atom is 0.0121 e. The van der Waals surface area contributed by atoms with E-state index >= 15 is 0 Å². The highest BCUT2D eigenvalue weighted by Crippen LogP contribution is 2.29. The lowest BCUT2D eigenvalue weighted by molar-refractivity contribution is 0.158. The molecule has 1 fully saturated rings. The Labute approximate surface area is 89.7 Å². The summed E-state index contributed by atoms with van der Waals surface area (Å²) in [5, 5.41) is 3.73. The first kappa shape index (κ1) is 12.0. The van der Waals surface area contributed by atoms with Crippen LogP contribution in [0.1, 0.15) is 47.5 Å². The quantitative estimate of drug-likeness (QED) is 0.732. The summed E-state index contributed by atoms with van der Waals surface area (Å²) in [6.07, 6.45) is 2.71. The van der Waals surface area contributed by atoms with Gasteiger partial charge in [0, 0.05) is 6.04 Å². The van der Waals surface area contributed by atoms with Crippen LogP contribution >= 0.6 is 0 Å². The summed E-state index contributed by atoms with van der Waals surface area (Å²) in [6, 6.07) is 0.751. The van der Waals surface area contributed by atoms with Crippen molar-refractivity contribution in [2.24, 2.45) is 23.7 Å². The Morgan fingerprint density at radius 3 is 2.43 bits per heavy atom. The molecule has 5 atom stereocenters. The Morgan fingerprint density at radius 1 is 1.29 bits per heavy atom. The molecule has 1 aliphatic rings. The average molecular weight is 197 g/mol. The van der Waals surface area contributed by atoms with Crippen LogP contribution in [0.15, 0.2) is 0 Å². The summed E-state index contributed by atoms with van der Waals surface area (Å²) >= 11 is 0. The Morgan fingerprint density at radius 2 is 1.93 bits per heavy atom. The summed E-state index contributed by atoms with van der Waals surface area (Å²) in [5.74, 6) is 3.39. The zero-order valence-electron chi connectivity index (χ0n) is 10.5. The second kappa shape index (κ2) is 5.16. The Kier molecular flexibility index (Phi) is 4.43. The highest BCUT2D eigenvalue weighted by Gasteiger charge is 2.30. The van der Waals surface area contributed by atoms with E-state index in [-0.39, 0.29) is 0 Å². The molecule has 0 radical (unpaired) electrons. The first-order valence-corrected chi connectivity index (χ1v) is 6.29. The van der Waals surface area contributed by atoms with E-state index < -0.39 is 0 Å². The van der Waals surface area contributed by atoms with Gasteiger partial charge in [-0.1, -0.05) is 41.0 Å². The average Bonchev–Trinajstić information content (AvgIpc) is 2.15. The van der Waals surface area contributed by atoms with Gasteiger partial charge < -0.3 is 5.32 Å². The van der Waals surface area contributed by atoms with Crippen LogP contribution < -0.4 is 5.32 Å². The highest BCUT2D eigenvalue weighted by atomic mass is 14.9. The molecule has 0 aliphatic carbocycles.